The van der Waals surface area contributed by atoms with Crippen LogP contribution in [-0.4, -0.2) is 43.8 Å². The number of aliphatic imine (C=N–C) groups is 2. The van der Waals surface area contributed by atoms with Gasteiger partial charge in [-0.2, -0.15) is 0 Å². The molecule has 4 aromatic carbocycles. The number of aromatic hydroxyl groups is 2. The SMILES string of the molecule is CCCCCCCCC(=Nc1cc(C)cc(C)c1)C(C)=Nc1ccccc1.CCc1ccc(O)c([O-])c1C(=O)O.CCc1ccc(O)c([O-])c1C(=O)O.[Pd+2]. The number of aromatic carboxylic acids is 2. The maximum Gasteiger partial charge on any atom is 2.00 e. The molecule has 0 saturated carbocycles. The van der Waals surface area contributed by atoms with Gasteiger partial charge in [0, 0.05) is 0 Å². The molecule has 0 saturated heterocycles. The van der Waals surface area contributed by atoms with Crippen molar-refractivity contribution in [2.24, 2.45) is 9.98 Å². The van der Waals surface area contributed by atoms with Crippen molar-refractivity contribution >= 4 is 34.7 Å². The van der Waals surface area contributed by atoms with Crippen LogP contribution in [0.2, 0.25) is 0 Å². The molecular formula is C43H52N2O8Pd. The second-order valence-electron chi connectivity index (χ2n) is 12.7. The van der Waals surface area contributed by atoms with E-state index in [-0.39, 0.29) is 31.5 Å². The number of nitrogens with zero attached hydrogens (tertiary/aromatic N) is 2. The van der Waals surface area contributed by atoms with Crippen molar-refractivity contribution in [3.63, 3.8) is 0 Å². The fourth-order valence-corrected chi connectivity index (χ4v) is 5.61. The summed E-state index contributed by atoms with van der Waals surface area (Å²) in [4.78, 5) is 31.1. The Bertz CT molecular complexity index is 1780. The van der Waals surface area contributed by atoms with E-state index in [2.05, 4.69) is 45.9 Å². The Morgan fingerprint density at radius 1 is 0.630 bits per heavy atom. The molecule has 0 unspecified atom stereocenters. The van der Waals surface area contributed by atoms with Crippen LogP contribution < -0.4 is 10.2 Å². The fourth-order valence-electron chi connectivity index (χ4n) is 5.61. The Balaban J connectivity index is 0.000000451. The molecule has 0 radical (unpaired) electrons. The molecule has 4 N–H and O–H groups in total. The molecule has 0 spiro atoms. The number of phenols is 2. The van der Waals surface area contributed by atoms with E-state index in [1.807, 2.05) is 30.3 Å². The summed E-state index contributed by atoms with van der Waals surface area (Å²) in [6.07, 6.45) is 9.64. The van der Waals surface area contributed by atoms with Gasteiger partial charge in [-0.05, 0) is 105 Å². The smallest absolute Gasteiger partial charge is 0.869 e. The normalized spacial score (nSPS) is 11.0. The number of phenolic OH excluding ortho intramolecular Hbond substituents is 2. The van der Waals surface area contributed by atoms with Gasteiger partial charge in [-0.15, -0.1) is 0 Å². The number of rotatable bonds is 14. The zero-order valence-electron chi connectivity index (χ0n) is 31.9. The third kappa shape index (κ3) is 15.2. The third-order valence-corrected chi connectivity index (χ3v) is 8.34. The summed E-state index contributed by atoms with van der Waals surface area (Å²) in [5, 5.41) is 57.7. The minimum Gasteiger partial charge on any atom is -0.869 e. The zero-order valence-corrected chi connectivity index (χ0v) is 33.5. The van der Waals surface area contributed by atoms with Crippen molar-refractivity contribution < 1.29 is 60.7 Å². The topological polar surface area (TPSA) is 186 Å². The largest absolute Gasteiger partial charge is 2.00 e. The van der Waals surface area contributed by atoms with E-state index >= 15 is 0 Å². The van der Waals surface area contributed by atoms with Gasteiger partial charge in [0.2, 0.25) is 0 Å². The maximum atomic E-state index is 11.2. The Labute approximate surface area is 332 Å². The van der Waals surface area contributed by atoms with Crippen LogP contribution in [0.1, 0.15) is 116 Å². The molecule has 4 aromatic rings. The number of carbonyl (C=O) groups is 2. The molecule has 0 aliphatic heterocycles. The summed E-state index contributed by atoms with van der Waals surface area (Å²) in [5.74, 6) is -5.25. The van der Waals surface area contributed by atoms with Crippen LogP contribution in [0.15, 0.2) is 82.8 Å². The van der Waals surface area contributed by atoms with E-state index in [0.717, 1.165) is 29.2 Å². The summed E-state index contributed by atoms with van der Waals surface area (Å²) in [7, 11) is 0. The van der Waals surface area contributed by atoms with Crippen LogP contribution in [0, 0.1) is 13.8 Å². The third-order valence-electron chi connectivity index (χ3n) is 8.34. The van der Waals surface area contributed by atoms with E-state index in [1.54, 1.807) is 13.8 Å². The number of aryl methyl sites for hydroxylation is 4. The fraction of sp³-hybridized carbons (Fsp3) is 0.349. The molecule has 11 heteroatoms. The van der Waals surface area contributed by atoms with Crippen LogP contribution >= 0.6 is 0 Å². The van der Waals surface area contributed by atoms with Gasteiger partial charge in [0.05, 0.1) is 33.9 Å². The van der Waals surface area contributed by atoms with E-state index in [4.69, 9.17) is 30.4 Å². The van der Waals surface area contributed by atoms with Gasteiger partial charge in [-0.1, -0.05) is 101 Å². The minimum absolute atomic E-state index is 0. The second-order valence-corrected chi connectivity index (χ2v) is 12.7. The van der Waals surface area contributed by atoms with Crippen molar-refractivity contribution in [2.45, 2.75) is 99.3 Å². The second kappa shape index (κ2) is 24.4. The summed E-state index contributed by atoms with van der Waals surface area (Å²) >= 11 is 0. The number of para-hydroxylation sites is 1. The van der Waals surface area contributed by atoms with Crippen molar-refractivity contribution in [1.82, 2.24) is 0 Å². The first-order chi connectivity index (χ1) is 25.2. The van der Waals surface area contributed by atoms with Gasteiger partial charge >= 0.3 is 32.4 Å². The van der Waals surface area contributed by atoms with Gasteiger partial charge in [-0.25, -0.2) is 9.59 Å². The first-order valence-corrected chi connectivity index (χ1v) is 18.0. The number of carboxylic acids is 2. The molecule has 0 atom stereocenters. The van der Waals surface area contributed by atoms with Crippen molar-refractivity contribution in [1.29, 1.82) is 0 Å². The minimum atomic E-state index is -1.29. The quantitative estimate of drug-likeness (QED) is 0.0550. The first-order valence-electron chi connectivity index (χ1n) is 18.0. The average Bonchev–Trinajstić information content (AvgIpc) is 3.11. The van der Waals surface area contributed by atoms with Gasteiger partial charge in [0.15, 0.2) is 0 Å². The predicted molar refractivity (Wildman–Crippen MR) is 208 cm³/mol. The van der Waals surface area contributed by atoms with Crippen molar-refractivity contribution in [3.05, 3.63) is 106 Å². The predicted octanol–water partition coefficient (Wildman–Crippen LogP) is 9.37. The average molecular weight is 831 g/mol. The van der Waals surface area contributed by atoms with Gasteiger partial charge in [0.25, 0.3) is 0 Å². The van der Waals surface area contributed by atoms with Crippen LogP contribution in [0.5, 0.6) is 23.0 Å². The van der Waals surface area contributed by atoms with Crippen molar-refractivity contribution in [2.75, 3.05) is 0 Å². The summed E-state index contributed by atoms with van der Waals surface area (Å²) in [5.41, 5.74) is 6.89. The molecule has 10 nitrogen and oxygen atoms in total. The van der Waals surface area contributed by atoms with E-state index in [0.29, 0.717) is 24.0 Å². The maximum absolute atomic E-state index is 11.2. The molecule has 0 fully saturated rings. The van der Waals surface area contributed by atoms with E-state index in [9.17, 15) is 19.8 Å². The zero-order chi connectivity index (χ0) is 39.5. The van der Waals surface area contributed by atoms with Crippen molar-refractivity contribution in [3.8, 4) is 23.0 Å². The molecule has 0 amide bonds. The van der Waals surface area contributed by atoms with Crippen LogP contribution in [-0.2, 0) is 33.3 Å². The molecular weight excluding hydrogens is 779 g/mol. The number of unbranched alkanes of at least 4 members (excludes halogenated alkanes) is 5. The van der Waals surface area contributed by atoms with Gasteiger partial charge < -0.3 is 30.6 Å². The molecule has 0 heterocycles. The first kappa shape index (κ1) is 47.0. The van der Waals surface area contributed by atoms with E-state index in [1.165, 1.54) is 73.9 Å². The van der Waals surface area contributed by atoms with E-state index < -0.39 is 34.9 Å². The number of hydrogen-bond acceptors (Lipinski definition) is 8. The van der Waals surface area contributed by atoms with Crippen LogP contribution in [0.4, 0.5) is 11.4 Å². The monoisotopic (exact) mass is 830 g/mol. The summed E-state index contributed by atoms with van der Waals surface area (Å²) in [6, 6.07) is 22.0. The molecule has 0 aliphatic carbocycles. The Kier molecular flexibility index (Phi) is 21.2. The number of hydrogen-bond donors (Lipinski definition) is 4. The molecule has 292 valence electrons. The molecule has 54 heavy (non-hydrogen) atoms. The molecule has 4 rings (SSSR count). The Morgan fingerprint density at radius 2 is 1.09 bits per heavy atom. The molecule has 0 bridgehead atoms. The van der Waals surface area contributed by atoms with Gasteiger partial charge in [-0.3, -0.25) is 9.98 Å². The summed E-state index contributed by atoms with van der Waals surface area (Å²) in [6.45, 7) is 12.1. The molecule has 0 aromatic heterocycles. The standard InChI is InChI=1S/C25H34N2.2C9H10O4.Pd/c1-5-6-7-8-9-13-16-25(22(4)26-23-14-11-10-12-15-23)27-24-18-20(2)17-21(3)19-24;2*1-2-5-3-4-6(10)8(11)7(5)9(12)13;/h10-12,14-15,17-19H,5-9,13,16H2,1-4H3;2*3-4,10-11H,2H2,1H3,(H,12,13);/q;;;+2/p-2. The number of carboxylic acid groups (broad SMARTS) is 2. The Morgan fingerprint density at radius 3 is 1.54 bits per heavy atom. The number of benzene rings is 4. The van der Waals surface area contributed by atoms with Crippen LogP contribution in [0.25, 0.3) is 0 Å². The molecule has 0 aliphatic rings. The van der Waals surface area contributed by atoms with Gasteiger partial charge in [0.1, 0.15) is 11.5 Å². The van der Waals surface area contributed by atoms with Crippen LogP contribution in [0.3, 0.4) is 0 Å². The summed E-state index contributed by atoms with van der Waals surface area (Å²) < 4.78 is 0. The Hall–Kier alpha value is -4.98.